The SMILES string of the molecule is [B]c1ccc2c(N3C[C@@H](C)N4Cc5nc(N6CC[C@@](C)(N)C6)ccc5[C@H]4C3)ccc(C#N)c2n1. The highest BCUT2D eigenvalue weighted by molar-refractivity contribution is 6.31. The summed E-state index contributed by atoms with van der Waals surface area (Å²) in [7, 11) is 5.94. The van der Waals surface area contributed by atoms with E-state index in [1.165, 1.54) is 11.3 Å². The first-order valence-electron chi connectivity index (χ1n) is 12.0. The summed E-state index contributed by atoms with van der Waals surface area (Å²) in [5.41, 5.74) is 11.5. The number of nitriles is 1. The van der Waals surface area contributed by atoms with Gasteiger partial charge in [0.15, 0.2) is 0 Å². The quantitative estimate of drug-likeness (QED) is 0.599. The molecule has 0 spiro atoms. The molecule has 7 nitrogen and oxygen atoms in total. The van der Waals surface area contributed by atoms with Gasteiger partial charge in [0.05, 0.1) is 22.8 Å². The summed E-state index contributed by atoms with van der Waals surface area (Å²) in [6.45, 7) is 8.86. The molecule has 2 N–H and O–H groups in total. The zero-order chi connectivity index (χ0) is 23.6. The van der Waals surface area contributed by atoms with Crippen molar-refractivity contribution in [2.24, 2.45) is 5.73 Å². The van der Waals surface area contributed by atoms with Crippen molar-refractivity contribution >= 4 is 35.8 Å². The van der Waals surface area contributed by atoms with Crippen LogP contribution in [0.15, 0.2) is 36.4 Å². The molecule has 0 unspecified atom stereocenters. The summed E-state index contributed by atoms with van der Waals surface area (Å²) < 4.78 is 0. The molecule has 34 heavy (non-hydrogen) atoms. The van der Waals surface area contributed by atoms with Gasteiger partial charge < -0.3 is 15.5 Å². The van der Waals surface area contributed by atoms with Crippen LogP contribution in [0.3, 0.4) is 0 Å². The third-order valence-electron chi connectivity index (χ3n) is 7.68. The summed E-state index contributed by atoms with van der Waals surface area (Å²) in [6.07, 6.45) is 0.992. The number of benzene rings is 1. The predicted octanol–water partition coefficient (Wildman–Crippen LogP) is 1.99. The second-order valence-electron chi connectivity index (χ2n) is 10.3. The van der Waals surface area contributed by atoms with Gasteiger partial charge in [-0.15, -0.1) is 0 Å². The molecule has 170 valence electrons. The average molecular weight is 449 g/mol. The minimum absolute atomic E-state index is 0.142. The van der Waals surface area contributed by atoms with Gasteiger partial charge in [0, 0.05) is 55.4 Å². The second-order valence-corrected chi connectivity index (χ2v) is 10.3. The maximum absolute atomic E-state index is 9.56. The highest BCUT2D eigenvalue weighted by atomic mass is 15.3. The van der Waals surface area contributed by atoms with E-state index in [1.807, 2.05) is 18.2 Å². The number of nitrogens with two attached hydrogens (primary N) is 1. The molecule has 6 rings (SSSR count). The fourth-order valence-corrected chi connectivity index (χ4v) is 5.90. The van der Waals surface area contributed by atoms with Crippen LogP contribution >= 0.6 is 0 Å². The Morgan fingerprint density at radius 3 is 2.74 bits per heavy atom. The predicted molar refractivity (Wildman–Crippen MR) is 135 cm³/mol. The van der Waals surface area contributed by atoms with Gasteiger partial charge >= 0.3 is 0 Å². The van der Waals surface area contributed by atoms with Crippen molar-refractivity contribution in [3.63, 3.8) is 0 Å². The molecule has 3 aliphatic rings. The number of rotatable bonds is 2. The number of piperazine rings is 1. The molecule has 2 saturated heterocycles. The van der Waals surface area contributed by atoms with E-state index in [1.54, 1.807) is 0 Å². The minimum Gasteiger partial charge on any atom is -0.368 e. The van der Waals surface area contributed by atoms with E-state index in [0.717, 1.165) is 56.0 Å². The van der Waals surface area contributed by atoms with E-state index in [4.69, 9.17) is 18.6 Å². The minimum atomic E-state index is -0.142. The van der Waals surface area contributed by atoms with Crippen molar-refractivity contribution in [1.82, 2.24) is 14.9 Å². The van der Waals surface area contributed by atoms with E-state index in [2.05, 4.69) is 57.8 Å². The monoisotopic (exact) mass is 449 g/mol. The molecule has 1 aromatic carbocycles. The van der Waals surface area contributed by atoms with Crippen LogP contribution < -0.4 is 21.1 Å². The van der Waals surface area contributed by atoms with Crippen LogP contribution in [0.4, 0.5) is 11.5 Å². The van der Waals surface area contributed by atoms with Gasteiger partial charge in [0.1, 0.15) is 19.7 Å². The molecule has 0 saturated carbocycles. The van der Waals surface area contributed by atoms with Crippen molar-refractivity contribution in [3.05, 3.63) is 53.2 Å². The Morgan fingerprint density at radius 1 is 1.12 bits per heavy atom. The molecule has 8 heteroatoms. The number of hydrogen-bond donors (Lipinski definition) is 1. The van der Waals surface area contributed by atoms with Crippen LogP contribution in [0, 0.1) is 11.3 Å². The van der Waals surface area contributed by atoms with Crippen molar-refractivity contribution in [2.75, 3.05) is 36.0 Å². The lowest BCUT2D eigenvalue weighted by molar-refractivity contribution is 0.133. The Kier molecular flexibility index (Phi) is 4.84. The van der Waals surface area contributed by atoms with Gasteiger partial charge in [-0.05, 0) is 55.7 Å². The van der Waals surface area contributed by atoms with Crippen molar-refractivity contribution < 1.29 is 0 Å². The third kappa shape index (κ3) is 3.42. The fraction of sp³-hybridized carbons (Fsp3) is 0.423. The zero-order valence-electron chi connectivity index (χ0n) is 19.7. The van der Waals surface area contributed by atoms with Crippen molar-refractivity contribution in [1.29, 1.82) is 5.26 Å². The smallest absolute Gasteiger partial charge is 0.141 e. The molecule has 2 aromatic heterocycles. The van der Waals surface area contributed by atoms with Crippen LogP contribution in [0.2, 0.25) is 0 Å². The van der Waals surface area contributed by atoms with E-state index in [0.29, 0.717) is 22.7 Å². The standard InChI is InChI=1S/C26H28BN7/c1-16-12-33(21-6-3-17(11-28)25-19(21)4-7-23(27)31-25)14-22-18-5-8-24(30-20(18)13-34(16)22)32-10-9-26(2,29)15-32/h3-8,16,22H,9-10,12-15,29H2,1-2H3/t16-,22-,26-/m1/s1. The molecule has 0 bridgehead atoms. The summed E-state index contributed by atoms with van der Waals surface area (Å²) in [6, 6.07) is 15.0. The zero-order valence-corrected chi connectivity index (χ0v) is 19.7. The molecular weight excluding hydrogens is 421 g/mol. The molecular formula is C26H28BN7. The molecule has 3 aromatic rings. The van der Waals surface area contributed by atoms with Gasteiger partial charge in [0.2, 0.25) is 0 Å². The Morgan fingerprint density at radius 2 is 1.97 bits per heavy atom. The number of aromatic nitrogens is 2. The molecule has 5 heterocycles. The Labute approximate surface area is 201 Å². The Bertz CT molecular complexity index is 1330. The summed E-state index contributed by atoms with van der Waals surface area (Å²) in [5.74, 6) is 1.04. The van der Waals surface area contributed by atoms with E-state index in [-0.39, 0.29) is 11.6 Å². The van der Waals surface area contributed by atoms with Gasteiger partial charge in [-0.2, -0.15) is 5.26 Å². The highest BCUT2D eigenvalue weighted by Gasteiger charge is 2.40. The number of fused-ring (bicyclic) bond motifs is 4. The van der Waals surface area contributed by atoms with Crippen molar-refractivity contribution in [2.45, 2.75) is 44.4 Å². The lowest BCUT2D eigenvalue weighted by Crippen LogP contribution is -2.51. The molecule has 3 aliphatic heterocycles. The van der Waals surface area contributed by atoms with Gasteiger partial charge in [-0.1, -0.05) is 12.1 Å². The van der Waals surface area contributed by atoms with E-state index in [9.17, 15) is 5.26 Å². The first-order chi connectivity index (χ1) is 16.3. The van der Waals surface area contributed by atoms with Crippen LogP contribution in [0.1, 0.15) is 43.1 Å². The van der Waals surface area contributed by atoms with Crippen LogP contribution in [0.25, 0.3) is 10.9 Å². The number of pyridine rings is 2. The van der Waals surface area contributed by atoms with Gasteiger partial charge in [-0.3, -0.25) is 9.88 Å². The summed E-state index contributed by atoms with van der Waals surface area (Å²) in [5, 5.41) is 10.5. The van der Waals surface area contributed by atoms with Crippen molar-refractivity contribution in [3.8, 4) is 6.07 Å². The summed E-state index contributed by atoms with van der Waals surface area (Å²) in [4.78, 5) is 16.9. The fourth-order valence-electron chi connectivity index (χ4n) is 5.90. The number of nitrogens with zero attached hydrogens (tertiary/aromatic N) is 6. The van der Waals surface area contributed by atoms with Crippen LogP contribution in [-0.2, 0) is 6.54 Å². The maximum Gasteiger partial charge on any atom is 0.141 e. The van der Waals surface area contributed by atoms with Crippen LogP contribution in [-0.4, -0.2) is 60.5 Å². The lowest BCUT2D eigenvalue weighted by Gasteiger charge is -2.43. The Hall–Kier alpha value is -3.15. The van der Waals surface area contributed by atoms with E-state index >= 15 is 0 Å². The highest BCUT2D eigenvalue weighted by Crippen LogP contribution is 2.41. The van der Waals surface area contributed by atoms with Gasteiger partial charge in [-0.25, -0.2) is 4.98 Å². The van der Waals surface area contributed by atoms with Crippen LogP contribution in [0.5, 0.6) is 0 Å². The maximum atomic E-state index is 9.56. The molecule has 3 atom stereocenters. The van der Waals surface area contributed by atoms with E-state index < -0.39 is 0 Å². The number of hydrogen-bond acceptors (Lipinski definition) is 7. The molecule has 0 amide bonds. The van der Waals surface area contributed by atoms with Gasteiger partial charge in [0.25, 0.3) is 0 Å². The average Bonchev–Trinajstić information content (AvgIpc) is 3.37. The summed E-state index contributed by atoms with van der Waals surface area (Å²) >= 11 is 0. The Balaban J connectivity index is 1.33. The topological polar surface area (TPSA) is 85.3 Å². The first kappa shape index (κ1) is 21.4. The third-order valence-corrected chi connectivity index (χ3v) is 7.68. The lowest BCUT2D eigenvalue weighted by atomic mass is 9.98. The first-order valence-corrected chi connectivity index (χ1v) is 12.0. The molecule has 0 aliphatic carbocycles. The molecule has 2 fully saturated rings. The number of anilines is 2. The largest absolute Gasteiger partial charge is 0.368 e. The second kappa shape index (κ2) is 7.69. The normalized spacial score (nSPS) is 26.5. The molecule has 2 radical (unpaired) electrons.